The van der Waals surface area contributed by atoms with Gasteiger partial charge >= 0.3 is 0 Å². The van der Waals surface area contributed by atoms with Gasteiger partial charge in [-0.15, -0.1) is 0 Å². The molecule has 1 saturated heterocycles. The summed E-state index contributed by atoms with van der Waals surface area (Å²) in [6, 6.07) is 4.54. The molecule has 0 amide bonds. The van der Waals surface area contributed by atoms with E-state index in [2.05, 4.69) is 23.3 Å². The largest absolute Gasteiger partial charge is 0.377 e. The van der Waals surface area contributed by atoms with Crippen molar-refractivity contribution >= 4 is 0 Å². The molecule has 0 radical (unpaired) electrons. The van der Waals surface area contributed by atoms with Crippen molar-refractivity contribution in [1.82, 2.24) is 10.3 Å². The molecule has 2 rings (SSSR count). The molecule has 0 aliphatic carbocycles. The molecular formula is C11H16N2O. The van der Waals surface area contributed by atoms with E-state index in [0.717, 1.165) is 19.6 Å². The van der Waals surface area contributed by atoms with Crippen LogP contribution in [0.15, 0.2) is 24.5 Å². The molecule has 2 atom stereocenters. The first kappa shape index (κ1) is 9.62. The van der Waals surface area contributed by atoms with Crippen LogP contribution in [0.3, 0.4) is 0 Å². The van der Waals surface area contributed by atoms with Crippen LogP contribution in [0.5, 0.6) is 0 Å². The normalized spacial score (nSPS) is 26.6. The van der Waals surface area contributed by atoms with Gasteiger partial charge in [0.25, 0.3) is 0 Å². The third-order valence-electron chi connectivity index (χ3n) is 2.67. The van der Waals surface area contributed by atoms with Crippen molar-refractivity contribution in [3.63, 3.8) is 0 Å². The molecule has 0 saturated carbocycles. The molecule has 14 heavy (non-hydrogen) atoms. The Hall–Kier alpha value is -0.930. The molecule has 1 aromatic rings. The molecule has 0 spiro atoms. The van der Waals surface area contributed by atoms with E-state index in [1.165, 1.54) is 5.56 Å². The van der Waals surface area contributed by atoms with Crippen LogP contribution in [-0.4, -0.2) is 23.7 Å². The third-order valence-corrected chi connectivity index (χ3v) is 2.67. The molecule has 76 valence electrons. The van der Waals surface area contributed by atoms with E-state index in [0.29, 0.717) is 12.1 Å². The molecular weight excluding hydrogens is 176 g/mol. The summed E-state index contributed by atoms with van der Waals surface area (Å²) in [5, 5.41) is 3.48. The number of pyridine rings is 1. The van der Waals surface area contributed by atoms with Crippen molar-refractivity contribution in [2.75, 3.05) is 6.61 Å². The van der Waals surface area contributed by atoms with Gasteiger partial charge in [0.1, 0.15) is 0 Å². The second-order valence-electron chi connectivity index (χ2n) is 3.71. The summed E-state index contributed by atoms with van der Waals surface area (Å²) >= 11 is 0. The van der Waals surface area contributed by atoms with Gasteiger partial charge in [-0.1, -0.05) is 6.07 Å². The van der Waals surface area contributed by atoms with E-state index < -0.39 is 0 Å². The van der Waals surface area contributed by atoms with Gasteiger partial charge in [-0.3, -0.25) is 4.98 Å². The van der Waals surface area contributed by atoms with Crippen LogP contribution in [0.1, 0.15) is 18.9 Å². The molecule has 0 unspecified atom stereocenters. The first-order valence-electron chi connectivity index (χ1n) is 5.10. The first-order chi connectivity index (χ1) is 6.86. The summed E-state index contributed by atoms with van der Waals surface area (Å²) in [7, 11) is 0. The Labute approximate surface area is 84.5 Å². The van der Waals surface area contributed by atoms with Crippen molar-refractivity contribution < 1.29 is 4.74 Å². The molecule has 1 N–H and O–H groups in total. The molecule has 0 bridgehead atoms. The van der Waals surface area contributed by atoms with Gasteiger partial charge in [0.15, 0.2) is 0 Å². The van der Waals surface area contributed by atoms with Gasteiger partial charge in [-0.2, -0.15) is 0 Å². The van der Waals surface area contributed by atoms with Crippen LogP contribution in [0.4, 0.5) is 0 Å². The second-order valence-corrected chi connectivity index (χ2v) is 3.71. The van der Waals surface area contributed by atoms with Crippen LogP contribution in [-0.2, 0) is 11.3 Å². The SMILES string of the molecule is C[C@H]1OCC[C@H]1NCc1cccnc1. The van der Waals surface area contributed by atoms with E-state index in [9.17, 15) is 0 Å². The van der Waals surface area contributed by atoms with E-state index in [4.69, 9.17) is 4.74 Å². The highest BCUT2D eigenvalue weighted by molar-refractivity contribution is 5.08. The zero-order valence-electron chi connectivity index (χ0n) is 8.44. The fourth-order valence-corrected chi connectivity index (χ4v) is 1.75. The number of ether oxygens (including phenoxy) is 1. The first-order valence-corrected chi connectivity index (χ1v) is 5.10. The number of hydrogen-bond donors (Lipinski definition) is 1. The fraction of sp³-hybridized carbons (Fsp3) is 0.545. The molecule has 3 heteroatoms. The van der Waals surface area contributed by atoms with E-state index in [1.807, 2.05) is 12.3 Å². The molecule has 1 aromatic heterocycles. The van der Waals surface area contributed by atoms with E-state index >= 15 is 0 Å². The smallest absolute Gasteiger partial charge is 0.0700 e. The average molecular weight is 192 g/mol. The Balaban J connectivity index is 1.82. The van der Waals surface area contributed by atoms with Crippen LogP contribution < -0.4 is 5.32 Å². The highest BCUT2D eigenvalue weighted by atomic mass is 16.5. The predicted octanol–water partition coefficient (Wildman–Crippen LogP) is 1.35. The van der Waals surface area contributed by atoms with Crippen LogP contribution >= 0.6 is 0 Å². The topological polar surface area (TPSA) is 34.1 Å². The minimum Gasteiger partial charge on any atom is -0.377 e. The molecule has 1 fully saturated rings. The van der Waals surface area contributed by atoms with Gasteiger partial charge in [-0.25, -0.2) is 0 Å². The molecule has 2 heterocycles. The molecule has 1 aliphatic rings. The Morgan fingerprint density at radius 1 is 1.64 bits per heavy atom. The van der Waals surface area contributed by atoms with Crippen LogP contribution in [0.25, 0.3) is 0 Å². The quantitative estimate of drug-likeness (QED) is 0.785. The Morgan fingerprint density at radius 3 is 3.21 bits per heavy atom. The van der Waals surface area contributed by atoms with Crippen molar-refractivity contribution in [2.24, 2.45) is 0 Å². The lowest BCUT2D eigenvalue weighted by atomic mass is 10.1. The van der Waals surface area contributed by atoms with E-state index in [1.54, 1.807) is 6.20 Å². The van der Waals surface area contributed by atoms with Gasteiger partial charge < -0.3 is 10.1 Å². The number of hydrogen-bond acceptors (Lipinski definition) is 3. The number of rotatable bonds is 3. The zero-order valence-corrected chi connectivity index (χ0v) is 8.44. The van der Waals surface area contributed by atoms with Crippen LogP contribution in [0, 0.1) is 0 Å². The zero-order chi connectivity index (χ0) is 9.80. The lowest BCUT2D eigenvalue weighted by Gasteiger charge is -2.15. The highest BCUT2D eigenvalue weighted by Gasteiger charge is 2.23. The second kappa shape index (κ2) is 4.53. The number of nitrogens with one attached hydrogen (secondary N) is 1. The van der Waals surface area contributed by atoms with Crippen molar-refractivity contribution in [3.8, 4) is 0 Å². The Bertz CT molecular complexity index is 276. The Morgan fingerprint density at radius 2 is 2.57 bits per heavy atom. The summed E-state index contributed by atoms with van der Waals surface area (Å²) in [6.45, 7) is 3.88. The van der Waals surface area contributed by atoms with Gasteiger partial charge in [0, 0.05) is 31.6 Å². The van der Waals surface area contributed by atoms with Gasteiger partial charge in [-0.05, 0) is 25.0 Å². The van der Waals surface area contributed by atoms with Gasteiger partial charge in [0.05, 0.1) is 6.10 Å². The van der Waals surface area contributed by atoms with Crippen molar-refractivity contribution in [1.29, 1.82) is 0 Å². The maximum Gasteiger partial charge on any atom is 0.0700 e. The maximum atomic E-state index is 5.48. The van der Waals surface area contributed by atoms with E-state index in [-0.39, 0.29) is 0 Å². The van der Waals surface area contributed by atoms with Crippen molar-refractivity contribution in [2.45, 2.75) is 32.0 Å². The van der Waals surface area contributed by atoms with Crippen LogP contribution in [0.2, 0.25) is 0 Å². The summed E-state index contributed by atoms with van der Waals surface area (Å²) in [5.41, 5.74) is 1.23. The lowest BCUT2D eigenvalue weighted by molar-refractivity contribution is 0.113. The average Bonchev–Trinajstić information content (AvgIpc) is 2.63. The summed E-state index contributed by atoms with van der Waals surface area (Å²) in [4.78, 5) is 4.08. The number of aromatic nitrogens is 1. The predicted molar refractivity (Wildman–Crippen MR) is 54.9 cm³/mol. The third kappa shape index (κ3) is 2.30. The van der Waals surface area contributed by atoms with Crippen molar-refractivity contribution in [3.05, 3.63) is 30.1 Å². The minimum absolute atomic E-state index is 0.340. The summed E-state index contributed by atoms with van der Waals surface area (Å²) in [6.07, 6.45) is 5.14. The van der Waals surface area contributed by atoms with Gasteiger partial charge in [0.2, 0.25) is 0 Å². The number of nitrogens with zero attached hydrogens (tertiary/aromatic N) is 1. The summed E-state index contributed by atoms with van der Waals surface area (Å²) in [5.74, 6) is 0. The molecule has 1 aliphatic heterocycles. The standard InChI is InChI=1S/C11H16N2O/c1-9-11(4-6-14-9)13-8-10-3-2-5-12-7-10/h2-3,5,7,9,11,13H,4,6,8H2,1H3/t9-,11-/m1/s1. The highest BCUT2D eigenvalue weighted by Crippen LogP contribution is 2.12. The monoisotopic (exact) mass is 192 g/mol. The molecule has 0 aromatic carbocycles. The lowest BCUT2D eigenvalue weighted by Crippen LogP contribution is -2.34. The molecule has 3 nitrogen and oxygen atoms in total. The Kier molecular flexibility index (Phi) is 3.11. The fourth-order valence-electron chi connectivity index (χ4n) is 1.75. The maximum absolute atomic E-state index is 5.48. The summed E-state index contributed by atoms with van der Waals surface area (Å²) < 4.78 is 5.48. The minimum atomic E-state index is 0.340.